The van der Waals surface area contributed by atoms with Crippen LogP contribution in [-0.4, -0.2) is 52.0 Å². The van der Waals surface area contributed by atoms with E-state index in [2.05, 4.69) is 11.6 Å². The summed E-state index contributed by atoms with van der Waals surface area (Å²) in [7, 11) is 1.70. The minimum Gasteiger partial charge on any atom is -0.382 e. The summed E-state index contributed by atoms with van der Waals surface area (Å²) in [6.45, 7) is 4.46. The van der Waals surface area contributed by atoms with Gasteiger partial charge in [-0.25, -0.2) is 0 Å². The van der Waals surface area contributed by atoms with Crippen molar-refractivity contribution in [1.82, 2.24) is 5.32 Å². The van der Waals surface area contributed by atoms with E-state index in [0.717, 1.165) is 26.1 Å². The zero-order valence-corrected chi connectivity index (χ0v) is 11.6. The van der Waals surface area contributed by atoms with Crippen LogP contribution in [0.15, 0.2) is 0 Å². The number of nitrogens with one attached hydrogen (secondary N) is 1. The molecule has 0 spiro atoms. The van der Waals surface area contributed by atoms with E-state index >= 15 is 0 Å². The Morgan fingerprint density at radius 2 is 1.75 bits per heavy atom. The van der Waals surface area contributed by atoms with E-state index in [0.29, 0.717) is 13.2 Å². The highest BCUT2D eigenvalue weighted by atomic mass is 32.2. The number of hydrogen-bond acceptors (Lipinski definition) is 4. The molecule has 98 valence electrons. The molecule has 0 aromatic carbocycles. The molecule has 0 saturated heterocycles. The van der Waals surface area contributed by atoms with Crippen LogP contribution < -0.4 is 5.32 Å². The molecule has 0 aliphatic carbocycles. The summed E-state index contributed by atoms with van der Waals surface area (Å²) in [5.74, 6) is 1.30. The molecule has 4 heteroatoms. The number of ether oxygens (including phenoxy) is 2. The van der Waals surface area contributed by atoms with Crippen molar-refractivity contribution in [2.75, 3.05) is 52.0 Å². The molecule has 0 amide bonds. The van der Waals surface area contributed by atoms with Crippen LogP contribution in [0, 0.1) is 0 Å². The fourth-order valence-electron chi connectivity index (χ4n) is 1.34. The number of rotatable bonds is 13. The Morgan fingerprint density at radius 1 is 0.938 bits per heavy atom. The first-order valence-electron chi connectivity index (χ1n) is 6.18. The van der Waals surface area contributed by atoms with Crippen molar-refractivity contribution in [3.63, 3.8) is 0 Å². The second kappa shape index (κ2) is 15.2. The maximum absolute atomic E-state index is 5.37. The lowest BCUT2D eigenvalue weighted by Gasteiger charge is -2.05. The Hall–Kier alpha value is 0.230. The largest absolute Gasteiger partial charge is 0.382 e. The monoisotopic (exact) mass is 249 g/mol. The molecule has 0 saturated carbocycles. The summed E-state index contributed by atoms with van der Waals surface area (Å²) >= 11 is 1.94. The van der Waals surface area contributed by atoms with Crippen molar-refractivity contribution < 1.29 is 9.47 Å². The van der Waals surface area contributed by atoms with Crippen LogP contribution in [0.2, 0.25) is 0 Å². The van der Waals surface area contributed by atoms with E-state index in [1.165, 1.54) is 25.0 Å². The first-order valence-corrected chi connectivity index (χ1v) is 7.57. The van der Waals surface area contributed by atoms with Gasteiger partial charge in [0.25, 0.3) is 0 Å². The van der Waals surface area contributed by atoms with Gasteiger partial charge in [0.1, 0.15) is 0 Å². The Bertz CT molecular complexity index is 112. The second-order valence-electron chi connectivity index (χ2n) is 3.76. The maximum Gasteiger partial charge on any atom is 0.0700 e. The van der Waals surface area contributed by atoms with Gasteiger partial charge in [-0.05, 0) is 44.4 Å². The van der Waals surface area contributed by atoms with Gasteiger partial charge < -0.3 is 14.8 Å². The Labute approximate surface area is 105 Å². The lowest BCUT2D eigenvalue weighted by Crippen LogP contribution is -2.18. The first-order chi connectivity index (χ1) is 7.91. The third-order valence-corrected chi connectivity index (χ3v) is 2.97. The highest BCUT2D eigenvalue weighted by molar-refractivity contribution is 7.98. The van der Waals surface area contributed by atoms with Gasteiger partial charge in [0, 0.05) is 13.7 Å². The first kappa shape index (κ1) is 16.2. The molecule has 0 unspecified atom stereocenters. The van der Waals surface area contributed by atoms with E-state index in [1.807, 2.05) is 11.8 Å². The van der Waals surface area contributed by atoms with Crippen molar-refractivity contribution in [1.29, 1.82) is 0 Å². The highest BCUT2D eigenvalue weighted by Crippen LogP contribution is 2.01. The summed E-state index contributed by atoms with van der Waals surface area (Å²) in [6.07, 6.45) is 7.25. The number of hydrogen-bond donors (Lipinski definition) is 1. The minimum absolute atomic E-state index is 0.697. The Balaban J connectivity index is 2.83. The molecular weight excluding hydrogens is 222 g/mol. The number of unbranched alkanes of at least 4 members (excludes halogenated alkanes) is 2. The van der Waals surface area contributed by atoms with Crippen LogP contribution in [0.1, 0.15) is 25.7 Å². The molecule has 1 N–H and O–H groups in total. The van der Waals surface area contributed by atoms with Gasteiger partial charge in [-0.15, -0.1) is 0 Å². The standard InChI is InChI=1S/C12H27NO2S/c1-14-10-11-15-9-6-8-13-7-4-3-5-12-16-2/h13H,3-12H2,1-2H3. The van der Waals surface area contributed by atoms with E-state index < -0.39 is 0 Å². The van der Waals surface area contributed by atoms with Crippen LogP contribution in [0.25, 0.3) is 0 Å². The van der Waals surface area contributed by atoms with Gasteiger partial charge in [0.05, 0.1) is 13.2 Å². The molecule has 0 atom stereocenters. The molecule has 0 bridgehead atoms. The van der Waals surface area contributed by atoms with Crippen LogP contribution in [0.3, 0.4) is 0 Å². The van der Waals surface area contributed by atoms with Crippen molar-refractivity contribution in [2.24, 2.45) is 0 Å². The van der Waals surface area contributed by atoms with Gasteiger partial charge in [-0.3, -0.25) is 0 Å². The summed E-state index contributed by atoms with van der Waals surface area (Å²) in [5.41, 5.74) is 0. The van der Waals surface area contributed by atoms with E-state index in [1.54, 1.807) is 7.11 Å². The van der Waals surface area contributed by atoms with E-state index in [9.17, 15) is 0 Å². The van der Waals surface area contributed by atoms with Gasteiger partial charge in [-0.1, -0.05) is 6.42 Å². The van der Waals surface area contributed by atoms with Crippen LogP contribution in [-0.2, 0) is 9.47 Å². The summed E-state index contributed by atoms with van der Waals surface area (Å²) in [4.78, 5) is 0. The normalized spacial score (nSPS) is 10.9. The van der Waals surface area contributed by atoms with Gasteiger partial charge in [0.2, 0.25) is 0 Å². The van der Waals surface area contributed by atoms with Gasteiger partial charge in [0.15, 0.2) is 0 Å². The van der Waals surface area contributed by atoms with Crippen molar-refractivity contribution in [3.05, 3.63) is 0 Å². The smallest absolute Gasteiger partial charge is 0.0700 e. The van der Waals surface area contributed by atoms with Gasteiger partial charge in [-0.2, -0.15) is 11.8 Å². The Morgan fingerprint density at radius 3 is 2.50 bits per heavy atom. The highest BCUT2D eigenvalue weighted by Gasteiger charge is 1.91. The fourth-order valence-corrected chi connectivity index (χ4v) is 1.83. The van der Waals surface area contributed by atoms with Crippen LogP contribution in [0.5, 0.6) is 0 Å². The quantitative estimate of drug-likeness (QED) is 0.507. The topological polar surface area (TPSA) is 30.5 Å². The van der Waals surface area contributed by atoms with Crippen LogP contribution in [0.4, 0.5) is 0 Å². The van der Waals surface area contributed by atoms with Crippen molar-refractivity contribution in [2.45, 2.75) is 25.7 Å². The van der Waals surface area contributed by atoms with Crippen molar-refractivity contribution >= 4 is 11.8 Å². The van der Waals surface area contributed by atoms with Gasteiger partial charge >= 0.3 is 0 Å². The molecule has 0 aliphatic heterocycles. The average Bonchev–Trinajstić information content (AvgIpc) is 2.31. The Kier molecular flexibility index (Phi) is 15.4. The molecule has 3 nitrogen and oxygen atoms in total. The molecule has 0 aromatic heterocycles. The molecule has 0 aromatic rings. The molecule has 0 radical (unpaired) electrons. The predicted octanol–water partition coefficient (Wildman–Crippen LogP) is 2.16. The maximum atomic E-state index is 5.37. The molecule has 0 fully saturated rings. The molecule has 0 rings (SSSR count). The zero-order chi connectivity index (χ0) is 11.9. The van der Waals surface area contributed by atoms with Crippen LogP contribution >= 0.6 is 11.8 Å². The summed E-state index contributed by atoms with van der Waals surface area (Å²) < 4.78 is 10.3. The third kappa shape index (κ3) is 14.2. The summed E-state index contributed by atoms with van der Waals surface area (Å²) in [5, 5.41) is 3.44. The zero-order valence-electron chi connectivity index (χ0n) is 10.8. The predicted molar refractivity (Wildman–Crippen MR) is 72.4 cm³/mol. The molecule has 16 heavy (non-hydrogen) atoms. The lowest BCUT2D eigenvalue weighted by atomic mass is 10.2. The fraction of sp³-hybridized carbons (Fsp3) is 1.00. The third-order valence-electron chi connectivity index (χ3n) is 2.28. The molecule has 0 aliphatic rings. The molecular formula is C12H27NO2S. The molecule has 0 heterocycles. The van der Waals surface area contributed by atoms with Crippen molar-refractivity contribution in [3.8, 4) is 0 Å². The summed E-state index contributed by atoms with van der Waals surface area (Å²) in [6, 6.07) is 0. The van der Waals surface area contributed by atoms with E-state index in [-0.39, 0.29) is 0 Å². The second-order valence-corrected chi connectivity index (χ2v) is 4.75. The average molecular weight is 249 g/mol. The minimum atomic E-state index is 0.697. The SMILES string of the molecule is COCCOCCCNCCCCCSC. The van der Waals surface area contributed by atoms with E-state index in [4.69, 9.17) is 9.47 Å². The lowest BCUT2D eigenvalue weighted by molar-refractivity contribution is 0.0695. The number of methoxy groups -OCH3 is 1. The number of thioether (sulfide) groups is 1.